The molecule has 0 heterocycles. The number of Topliss-reactive ketones (excluding diaryl/α,β-unsaturated/α-hetero) is 1. The van der Waals surface area contributed by atoms with Crippen LogP contribution < -0.4 is 11.5 Å². The summed E-state index contributed by atoms with van der Waals surface area (Å²) < 4.78 is 6.09. The van der Waals surface area contributed by atoms with Crippen molar-refractivity contribution in [2.75, 3.05) is 0 Å². The maximum atomic E-state index is 13.7. The van der Waals surface area contributed by atoms with E-state index < -0.39 is 22.8 Å². The van der Waals surface area contributed by atoms with Gasteiger partial charge >= 0.3 is 11.9 Å². The number of aliphatic imine (C=N–C) groups is 1. The number of hydrogen-bond acceptors (Lipinski definition) is 5. The second-order valence-corrected chi connectivity index (χ2v) is 17.2. The molecule has 5 aliphatic rings. The van der Waals surface area contributed by atoms with Crippen molar-refractivity contribution < 1.29 is 29.0 Å². The van der Waals surface area contributed by atoms with Crippen LogP contribution in [-0.4, -0.2) is 40.8 Å². The van der Waals surface area contributed by atoms with Gasteiger partial charge in [-0.25, -0.2) is 0 Å². The van der Waals surface area contributed by atoms with Crippen LogP contribution >= 0.6 is 0 Å². The molecule has 1 amide bonds. The Bertz CT molecular complexity index is 1360. The maximum Gasteiger partial charge on any atom is 0.309 e. The monoisotopic (exact) mass is 625 g/mol. The topological polar surface area (TPSA) is 162 Å². The molecule has 0 aromatic heterocycles. The number of carbonyl (C=O) groups is 4. The lowest BCUT2D eigenvalue weighted by atomic mass is 9.36. The molecule has 0 aromatic rings. The lowest BCUT2D eigenvalue weighted by Gasteiger charge is -2.68. The number of rotatable bonds is 6. The van der Waals surface area contributed by atoms with Crippen LogP contribution in [0.2, 0.25) is 0 Å². The number of ketones is 1. The molecule has 45 heavy (non-hydrogen) atoms. The number of esters is 1. The van der Waals surface area contributed by atoms with Gasteiger partial charge in [0.1, 0.15) is 6.10 Å². The van der Waals surface area contributed by atoms with Gasteiger partial charge in [0.15, 0.2) is 11.7 Å². The number of guanidine groups is 1. The Morgan fingerprint density at radius 2 is 1.60 bits per heavy atom. The lowest BCUT2D eigenvalue weighted by Crippen LogP contribution is -2.63. The molecular formula is C36H55N3O6. The van der Waals surface area contributed by atoms with Crippen molar-refractivity contribution in [3.63, 3.8) is 0 Å². The molecule has 4 saturated carbocycles. The third-order valence-corrected chi connectivity index (χ3v) is 13.6. The zero-order chi connectivity index (χ0) is 33.5. The van der Waals surface area contributed by atoms with E-state index in [9.17, 15) is 24.3 Å². The molecule has 5 N–H and O–H groups in total. The summed E-state index contributed by atoms with van der Waals surface area (Å²) in [7, 11) is 0. The van der Waals surface area contributed by atoms with E-state index in [1.54, 1.807) is 13.8 Å². The Morgan fingerprint density at radius 1 is 0.956 bits per heavy atom. The zero-order valence-corrected chi connectivity index (χ0v) is 28.6. The van der Waals surface area contributed by atoms with Crippen LogP contribution in [0.4, 0.5) is 0 Å². The molecule has 0 spiro atoms. The van der Waals surface area contributed by atoms with Crippen molar-refractivity contribution in [1.29, 1.82) is 0 Å². The van der Waals surface area contributed by atoms with Crippen molar-refractivity contribution >= 4 is 29.6 Å². The molecule has 5 aliphatic carbocycles. The van der Waals surface area contributed by atoms with E-state index in [-0.39, 0.29) is 64.7 Å². The van der Waals surface area contributed by atoms with Gasteiger partial charge in [-0.15, -0.1) is 0 Å². The molecule has 0 radical (unpaired) electrons. The minimum absolute atomic E-state index is 0.0266. The number of aliphatic carboxylic acids is 1. The predicted molar refractivity (Wildman–Crippen MR) is 172 cm³/mol. The van der Waals surface area contributed by atoms with Gasteiger partial charge in [0.2, 0.25) is 0 Å². The molecular weight excluding hydrogens is 570 g/mol. The van der Waals surface area contributed by atoms with E-state index in [1.165, 1.54) is 0 Å². The SMILES string of the molecule is CC(C)C1=C2C3CCC4[C@@](C)(CCC5C(C)(C)[C@@H](OC(=O)CC(C)(C)C(=O)O)CC[C@@]54C)C3CCC2(C(=O)N=C(N)N)CC1=O. The van der Waals surface area contributed by atoms with Crippen molar-refractivity contribution in [3.05, 3.63) is 11.1 Å². The van der Waals surface area contributed by atoms with Gasteiger partial charge in [0, 0.05) is 11.8 Å². The number of hydrogen-bond donors (Lipinski definition) is 3. The van der Waals surface area contributed by atoms with Gasteiger partial charge in [-0.1, -0.05) is 41.5 Å². The number of carbonyl (C=O) groups excluding carboxylic acids is 3. The van der Waals surface area contributed by atoms with Crippen molar-refractivity contribution in [2.24, 2.45) is 73.1 Å². The second kappa shape index (κ2) is 10.9. The minimum Gasteiger partial charge on any atom is -0.481 e. The fourth-order valence-corrected chi connectivity index (χ4v) is 11.6. The molecule has 250 valence electrons. The molecule has 8 atom stereocenters. The van der Waals surface area contributed by atoms with Crippen LogP contribution in [0.25, 0.3) is 0 Å². The van der Waals surface area contributed by atoms with E-state index in [0.29, 0.717) is 24.2 Å². The molecule has 0 aliphatic heterocycles. The van der Waals surface area contributed by atoms with Gasteiger partial charge in [0.25, 0.3) is 5.91 Å². The van der Waals surface area contributed by atoms with E-state index in [0.717, 1.165) is 56.1 Å². The van der Waals surface area contributed by atoms with Crippen LogP contribution in [0.5, 0.6) is 0 Å². The van der Waals surface area contributed by atoms with E-state index >= 15 is 0 Å². The highest BCUT2D eigenvalue weighted by atomic mass is 16.5. The summed E-state index contributed by atoms with van der Waals surface area (Å²) >= 11 is 0. The number of carboxylic acids is 1. The maximum absolute atomic E-state index is 13.7. The van der Waals surface area contributed by atoms with Crippen molar-refractivity contribution in [1.82, 2.24) is 0 Å². The molecule has 4 fully saturated rings. The predicted octanol–water partition coefficient (Wildman–Crippen LogP) is 5.79. The number of nitrogens with zero attached hydrogens (tertiary/aromatic N) is 1. The van der Waals surface area contributed by atoms with Gasteiger partial charge in [-0.3, -0.25) is 19.2 Å². The second-order valence-electron chi connectivity index (χ2n) is 17.2. The molecule has 5 unspecified atom stereocenters. The smallest absolute Gasteiger partial charge is 0.309 e. The first-order valence-electron chi connectivity index (χ1n) is 17.1. The molecule has 9 heteroatoms. The highest BCUT2D eigenvalue weighted by molar-refractivity contribution is 6.08. The average molecular weight is 626 g/mol. The van der Waals surface area contributed by atoms with E-state index in [2.05, 4.69) is 46.5 Å². The number of allylic oxidation sites excluding steroid dienone is 1. The Hall–Kier alpha value is -2.71. The van der Waals surface area contributed by atoms with E-state index in [1.807, 2.05) is 0 Å². The van der Waals surface area contributed by atoms with Crippen molar-refractivity contribution in [3.8, 4) is 0 Å². The summed E-state index contributed by atoms with van der Waals surface area (Å²) in [6, 6.07) is 0. The third-order valence-electron chi connectivity index (χ3n) is 13.6. The van der Waals surface area contributed by atoms with E-state index in [4.69, 9.17) is 16.2 Å². The van der Waals surface area contributed by atoms with Crippen LogP contribution in [0.1, 0.15) is 120 Å². The number of fused-ring (bicyclic) bond motifs is 7. The van der Waals surface area contributed by atoms with Gasteiger partial charge in [-0.2, -0.15) is 4.99 Å². The largest absolute Gasteiger partial charge is 0.481 e. The summed E-state index contributed by atoms with van der Waals surface area (Å²) in [5.74, 6) is -0.616. The highest BCUT2D eigenvalue weighted by Crippen LogP contribution is 2.73. The van der Waals surface area contributed by atoms with Crippen LogP contribution in [0, 0.1) is 56.7 Å². The Labute approximate surface area is 268 Å². The fourth-order valence-electron chi connectivity index (χ4n) is 11.6. The quantitative estimate of drug-likeness (QED) is 0.190. The Kier molecular flexibility index (Phi) is 8.18. The summed E-state index contributed by atoms with van der Waals surface area (Å²) in [6.07, 6.45) is 6.96. The first-order chi connectivity index (χ1) is 20.7. The fraction of sp³-hybridized carbons (Fsp3) is 0.806. The summed E-state index contributed by atoms with van der Waals surface area (Å²) in [4.78, 5) is 55.9. The van der Waals surface area contributed by atoms with Gasteiger partial charge in [0.05, 0.1) is 17.3 Å². The van der Waals surface area contributed by atoms with Crippen LogP contribution in [0.15, 0.2) is 16.1 Å². The standard InChI is InChI=1S/C36H55N3O6/c1-19(2)27-22(40)17-36(29(42)39-31(37)38)16-11-21-20(28(27)36)9-10-24-34(21,7)14-12-23-33(5,6)25(13-15-35(23,24)8)45-26(41)18-32(3,4)30(43)44/h19-21,23-25H,9-18H2,1-8H3,(H,43,44)(H4,37,38,39,42)/t20?,21?,23?,24?,25-,34-,35-,36?/m0/s1. The number of ether oxygens (including phenoxy) is 1. The first kappa shape index (κ1) is 33.6. The highest BCUT2D eigenvalue weighted by Gasteiger charge is 2.67. The summed E-state index contributed by atoms with van der Waals surface area (Å²) in [5, 5.41) is 9.52. The molecule has 0 saturated heterocycles. The normalized spacial score (nSPS) is 38.9. The summed E-state index contributed by atoms with van der Waals surface area (Å²) in [5.41, 5.74) is 11.0. The third kappa shape index (κ3) is 5.06. The molecule has 0 bridgehead atoms. The lowest BCUT2D eigenvalue weighted by molar-refractivity contribution is -0.213. The molecule has 0 aromatic carbocycles. The van der Waals surface area contributed by atoms with Gasteiger partial charge in [-0.05, 0) is 117 Å². The van der Waals surface area contributed by atoms with Crippen LogP contribution in [-0.2, 0) is 23.9 Å². The molecule has 9 nitrogen and oxygen atoms in total. The summed E-state index contributed by atoms with van der Waals surface area (Å²) in [6.45, 7) is 16.6. The molecule has 5 rings (SSSR count). The minimum atomic E-state index is -1.17. The van der Waals surface area contributed by atoms with Crippen LogP contribution in [0.3, 0.4) is 0 Å². The Balaban J connectivity index is 1.44. The zero-order valence-electron chi connectivity index (χ0n) is 28.6. The first-order valence-corrected chi connectivity index (χ1v) is 17.1. The number of nitrogens with two attached hydrogens (primary N) is 2. The van der Waals surface area contributed by atoms with Crippen molar-refractivity contribution in [2.45, 2.75) is 126 Å². The average Bonchev–Trinajstić information content (AvgIpc) is 3.23. The van der Waals surface area contributed by atoms with Gasteiger partial charge < -0.3 is 21.3 Å². The Morgan fingerprint density at radius 3 is 2.20 bits per heavy atom. The number of carboxylic acid groups (broad SMARTS) is 1. The number of amides is 1.